The molecule has 0 radical (unpaired) electrons. The number of fused-ring (bicyclic) bond motifs is 1. The smallest absolute Gasteiger partial charge is 0.229 e. The number of aliphatic hydroxyl groups excluding tert-OH is 6. The zero-order valence-electron chi connectivity index (χ0n) is 21.8. The first-order chi connectivity index (χ1) is 19.5. The van der Waals surface area contributed by atoms with Gasteiger partial charge >= 0.3 is 0 Å². The van der Waals surface area contributed by atoms with Crippen LogP contribution in [0.4, 0.5) is 0 Å². The minimum Gasteiger partial charge on any atom is -0.508 e. The van der Waals surface area contributed by atoms with E-state index < -0.39 is 85.7 Å². The first-order valence-electron chi connectivity index (χ1n) is 13.0. The minimum absolute atomic E-state index is 0.0149. The first kappa shape index (κ1) is 29.4. The molecule has 14 nitrogen and oxygen atoms in total. The Hall–Kier alpha value is -3.05. The van der Waals surface area contributed by atoms with Crippen LogP contribution in [0.3, 0.4) is 0 Å². The van der Waals surface area contributed by atoms with E-state index in [1.807, 2.05) is 0 Å². The summed E-state index contributed by atoms with van der Waals surface area (Å²) >= 11 is 0. The molecule has 41 heavy (non-hydrogen) atoms. The third kappa shape index (κ3) is 5.70. The van der Waals surface area contributed by atoms with Crippen LogP contribution in [0, 0.1) is 0 Å². The number of ether oxygens (including phenoxy) is 5. The number of hydrogen-bond donors (Lipinski definition) is 8. The predicted octanol–water partition coefficient (Wildman–Crippen LogP) is -1.17. The van der Waals surface area contributed by atoms with Crippen molar-refractivity contribution in [3.8, 4) is 23.0 Å². The number of carbonyl (C=O) groups excluding carboxylic acids is 1. The summed E-state index contributed by atoms with van der Waals surface area (Å²) in [7, 11) is 0. The topological polar surface area (TPSA) is 225 Å². The lowest BCUT2D eigenvalue weighted by Crippen LogP contribution is -2.64. The molecule has 224 valence electrons. The molecule has 5 rings (SSSR count). The Bertz CT molecular complexity index is 1240. The van der Waals surface area contributed by atoms with Gasteiger partial charge in [0.1, 0.15) is 71.3 Å². The number of phenols is 2. The maximum Gasteiger partial charge on any atom is 0.229 e. The van der Waals surface area contributed by atoms with E-state index in [-0.39, 0.29) is 29.2 Å². The molecular formula is C27H32O14. The Kier molecular flexibility index (Phi) is 8.39. The van der Waals surface area contributed by atoms with Crippen molar-refractivity contribution in [2.45, 2.75) is 80.9 Å². The highest BCUT2D eigenvalue weighted by molar-refractivity contribution is 6.02. The third-order valence-electron chi connectivity index (χ3n) is 7.42. The van der Waals surface area contributed by atoms with Gasteiger partial charge in [0, 0.05) is 12.1 Å². The van der Waals surface area contributed by atoms with Crippen molar-refractivity contribution in [3.05, 3.63) is 47.5 Å². The second-order valence-corrected chi connectivity index (χ2v) is 10.2. The SMILES string of the molecule is C[C@@H]1O[C@@H](O[C@@H]2[C@H](Oc3cc(O)c4c(c3)O[C@H](c3ccc(O)cc3)CC4=O)O[C@@H](CO)[C@@H](O)[C@H]2O)[C@@H](O)[C@@H](O)[C@H]1O. The number of carbonyl (C=O) groups is 1. The lowest BCUT2D eigenvalue weighted by Gasteiger charge is -2.45. The summed E-state index contributed by atoms with van der Waals surface area (Å²) in [6.07, 6.45) is -16.0. The molecule has 0 spiro atoms. The van der Waals surface area contributed by atoms with E-state index in [1.165, 1.54) is 25.1 Å². The van der Waals surface area contributed by atoms with Gasteiger partial charge in [0.25, 0.3) is 0 Å². The molecule has 0 aliphatic carbocycles. The summed E-state index contributed by atoms with van der Waals surface area (Å²) in [5, 5.41) is 81.6. The number of aliphatic hydroxyl groups is 6. The van der Waals surface area contributed by atoms with E-state index in [0.29, 0.717) is 5.56 Å². The lowest BCUT2D eigenvalue weighted by molar-refractivity contribution is -0.354. The zero-order chi connectivity index (χ0) is 29.6. The Morgan fingerprint density at radius 2 is 1.59 bits per heavy atom. The highest BCUT2D eigenvalue weighted by atomic mass is 16.8. The van der Waals surface area contributed by atoms with E-state index >= 15 is 0 Å². The summed E-state index contributed by atoms with van der Waals surface area (Å²) in [6, 6.07) is 8.50. The fourth-order valence-electron chi connectivity index (χ4n) is 5.07. The van der Waals surface area contributed by atoms with Crippen LogP contribution in [0.5, 0.6) is 23.0 Å². The van der Waals surface area contributed by atoms with Crippen molar-refractivity contribution < 1.29 is 69.3 Å². The highest BCUT2D eigenvalue weighted by Crippen LogP contribution is 2.43. The van der Waals surface area contributed by atoms with Crippen LogP contribution in [-0.4, -0.2) is 115 Å². The van der Waals surface area contributed by atoms with Gasteiger partial charge in [0.15, 0.2) is 18.2 Å². The fourth-order valence-corrected chi connectivity index (χ4v) is 5.07. The van der Waals surface area contributed by atoms with Gasteiger partial charge in [-0.3, -0.25) is 4.79 Å². The van der Waals surface area contributed by atoms with Gasteiger partial charge in [0.05, 0.1) is 19.1 Å². The number of benzene rings is 2. The summed E-state index contributed by atoms with van der Waals surface area (Å²) < 4.78 is 28.6. The predicted molar refractivity (Wildman–Crippen MR) is 134 cm³/mol. The van der Waals surface area contributed by atoms with Crippen LogP contribution in [0.15, 0.2) is 36.4 Å². The molecule has 0 bridgehead atoms. The molecule has 3 aliphatic heterocycles. The number of rotatable bonds is 6. The fraction of sp³-hybridized carbons (Fsp3) is 0.519. The maximum atomic E-state index is 12.9. The van der Waals surface area contributed by atoms with Crippen LogP contribution in [-0.2, 0) is 14.2 Å². The van der Waals surface area contributed by atoms with Gasteiger partial charge in [0.2, 0.25) is 6.29 Å². The molecule has 2 saturated heterocycles. The van der Waals surface area contributed by atoms with E-state index in [1.54, 1.807) is 12.1 Å². The van der Waals surface area contributed by atoms with E-state index in [4.69, 9.17) is 23.7 Å². The number of ketones is 1. The lowest BCUT2D eigenvalue weighted by atomic mass is 9.95. The third-order valence-corrected chi connectivity index (χ3v) is 7.42. The van der Waals surface area contributed by atoms with Gasteiger partial charge in [-0.05, 0) is 24.6 Å². The normalized spacial score (nSPS) is 37.2. The molecule has 2 aromatic rings. The van der Waals surface area contributed by atoms with Crippen molar-refractivity contribution in [2.24, 2.45) is 0 Å². The van der Waals surface area contributed by atoms with Crippen molar-refractivity contribution in [3.63, 3.8) is 0 Å². The van der Waals surface area contributed by atoms with E-state index in [0.717, 1.165) is 6.07 Å². The van der Waals surface area contributed by atoms with Gasteiger partial charge < -0.3 is 64.5 Å². The quantitative estimate of drug-likeness (QED) is 0.202. The molecule has 0 unspecified atom stereocenters. The number of hydrogen-bond acceptors (Lipinski definition) is 14. The molecule has 3 heterocycles. The van der Waals surface area contributed by atoms with Crippen molar-refractivity contribution in [1.82, 2.24) is 0 Å². The van der Waals surface area contributed by atoms with Crippen molar-refractivity contribution >= 4 is 5.78 Å². The molecule has 14 heteroatoms. The zero-order valence-corrected chi connectivity index (χ0v) is 21.8. The monoisotopic (exact) mass is 580 g/mol. The Balaban J connectivity index is 1.41. The average Bonchev–Trinajstić information content (AvgIpc) is 2.94. The molecule has 0 aromatic heterocycles. The largest absolute Gasteiger partial charge is 0.508 e. The molecule has 0 amide bonds. The van der Waals surface area contributed by atoms with Crippen LogP contribution >= 0.6 is 0 Å². The van der Waals surface area contributed by atoms with Crippen LogP contribution < -0.4 is 9.47 Å². The number of phenolic OH excluding ortho intramolecular Hbond substituents is 2. The van der Waals surface area contributed by atoms with Crippen LogP contribution in [0.2, 0.25) is 0 Å². The molecule has 2 fully saturated rings. The number of aromatic hydroxyl groups is 2. The maximum absolute atomic E-state index is 12.9. The van der Waals surface area contributed by atoms with E-state index in [9.17, 15) is 45.6 Å². The Morgan fingerprint density at radius 1 is 0.878 bits per heavy atom. The number of Topliss-reactive ketones (excluding diaryl/α,β-unsaturated/α-hetero) is 1. The second-order valence-electron chi connectivity index (χ2n) is 10.2. The van der Waals surface area contributed by atoms with E-state index in [2.05, 4.69) is 0 Å². The summed E-state index contributed by atoms with van der Waals surface area (Å²) in [5.41, 5.74) is 0.529. The standard InChI is InChI=1S/C27H32O14/c1-10-20(32)22(34)24(36)26(37-10)41-25-23(35)21(33)18(9-28)40-27(25)38-13-6-14(30)19-15(31)8-16(39-17(19)7-13)11-2-4-12(29)5-3-11/h2-7,10,16,18,20-30,32-36H,8-9H2,1H3/t10-,16-,18-,20-,21+,22-,23+,24-,25-,26-,27+/m0/s1. The molecule has 3 aliphatic rings. The second kappa shape index (κ2) is 11.7. The highest BCUT2D eigenvalue weighted by Gasteiger charge is 2.51. The molecule has 2 aromatic carbocycles. The molecule has 11 atom stereocenters. The molecular weight excluding hydrogens is 548 g/mol. The van der Waals surface area contributed by atoms with Gasteiger partial charge in [-0.2, -0.15) is 0 Å². The Labute approximate surface area is 233 Å². The van der Waals surface area contributed by atoms with Gasteiger partial charge in [-0.1, -0.05) is 12.1 Å². The van der Waals surface area contributed by atoms with Crippen LogP contribution in [0.1, 0.15) is 35.4 Å². The van der Waals surface area contributed by atoms with Crippen molar-refractivity contribution in [2.75, 3.05) is 6.61 Å². The van der Waals surface area contributed by atoms with Gasteiger partial charge in [-0.15, -0.1) is 0 Å². The summed E-state index contributed by atoms with van der Waals surface area (Å²) in [6.45, 7) is 0.716. The Morgan fingerprint density at radius 3 is 2.27 bits per heavy atom. The summed E-state index contributed by atoms with van der Waals surface area (Å²) in [4.78, 5) is 12.9. The minimum atomic E-state index is -1.75. The first-order valence-corrected chi connectivity index (χ1v) is 13.0. The molecule has 0 saturated carbocycles. The molecule has 8 N–H and O–H groups in total. The van der Waals surface area contributed by atoms with Gasteiger partial charge in [-0.25, -0.2) is 0 Å². The van der Waals surface area contributed by atoms with Crippen LogP contribution in [0.25, 0.3) is 0 Å². The van der Waals surface area contributed by atoms with Crippen molar-refractivity contribution in [1.29, 1.82) is 0 Å². The summed E-state index contributed by atoms with van der Waals surface area (Å²) in [5.74, 6) is -0.947. The average molecular weight is 581 g/mol.